The fourth-order valence-electron chi connectivity index (χ4n) is 1.62. The molecule has 94 valence electrons. The van der Waals surface area contributed by atoms with Crippen molar-refractivity contribution < 1.29 is 17.6 Å². The Kier molecular flexibility index (Phi) is 2.98. The highest BCUT2D eigenvalue weighted by Crippen LogP contribution is 2.36. The van der Waals surface area contributed by atoms with Gasteiger partial charge in [-0.15, -0.1) is 0 Å². The lowest BCUT2D eigenvalue weighted by molar-refractivity contribution is -0.136. The second-order valence-electron chi connectivity index (χ2n) is 3.81. The quantitative estimate of drug-likeness (QED) is 0.602. The number of hydrogen-bond acceptors (Lipinski definition) is 1. The molecule has 2 aromatic carbocycles. The molecule has 1 nitrogen and oxygen atoms in total. The fourth-order valence-corrected chi connectivity index (χ4v) is 1.62. The van der Waals surface area contributed by atoms with Gasteiger partial charge in [0.15, 0.2) is 0 Å². The predicted octanol–water partition coefficient (Wildman–Crippen LogP) is 4.09. The summed E-state index contributed by atoms with van der Waals surface area (Å²) in [4.78, 5) is 0. The molecule has 0 heterocycles. The third-order valence-electron chi connectivity index (χ3n) is 2.54. The third-order valence-corrected chi connectivity index (χ3v) is 2.54. The van der Waals surface area contributed by atoms with E-state index >= 15 is 0 Å². The van der Waals surface area contributed by atoms with E-state index in [2.05, 4.69) is 0 Å². The third kappa shape index (κ3) is 2.45. The van der Waals surface area contributed by atoms with Crippen LogP contribution in [0.25, 0.3) is 11.1 Å². The zero-order valence-electron chi connectivity index (χ0n) is 9.13. The Labute approximate surface area is 101 Å². The van der Waals surface area contributed by atoms with E-state index in [4.69, 9.17) is 5.73 Å². The van der Waals surface area contributed by atoms with Gasteiger partial charge in [0.25, 0.3) is 0 Å². The van der Waals surface area contributed by atoms with E-state index in [1.165, 1.54) is 36.4 Å². The van der Waals surface area contributed by atoms with Gasteiger partial charge in [-0.3, -0.25) is 0 Å². The summed E-state index contributed by atoms with van der Waals surface area (Å²) in [6.45, 7) is 0. The Hall–Kier alpha value is -2.04. The Balaban J connectivity index is 2.50. The van der Waals surface area contributed by atoms with Crippen LogP contribution in [0.3, 0.4) is 0 Å². The van der Waals surface area contributed by atoms with Gasteiger partial charge in [-0.05, 0) is 35.4 Å². The van der Waals surface area contributed by atoms with E-state index in [0.717, 1.165) is 6.07 Å². The van der Waals surface area contributed by atoms with Crippen LogP contribution in [0.4, 0.5) is 23.2 Å². The molecular formula is C13H9F4N. The van der Waals surface area contributed by atoms with Crippen molar-refractivity contribution >= 4 is 5.69 Å². The number of nitrogens with two attached hydrogens (primary N) is 1. The maximum absolute atomic E-state index is 12.7. The van der Waals surface area contributed by atoms with Crippen molar-refractivity contribution in [1.29, 1.82) is 0 Å². The highest BCUT2D eigenvalue weighted by atomic mass is 19.4. The SMILES string of the molecule is Nc1ccc(-c2ccc(F)cc2)cc1C(F)(F)F. The lowest BCUT2D eigenvalue weighted by atomic mass is 10.0. The fraction of sp³-hybridized carbons (Fsp3) is 0.0769. The normalized spacial score (nSPS) is 11.6. The van der Waals surface area contributed by atoms with Gasteiger partial charge in [0.05, 0.1) is 5.56 Å². The minimum atomic E-state index is -4.50. The van der Waals surface area contributed by atoms with Crippen LogP contribution in [0.2, 0.25) is 0 Å². The minimum Gasteiger partial charge on any atom is -0.398 e. The highest BCUT2D eigenvalue weighted by Gasteiger charge is 2.33. The van der Waals surface area contributed by atoms with Gasteiger partial charge < -0.3 is 5.73 Å². The molecule has 2 N–H and O–H groups in total. The summed E-state index contributed by atoms with van der Waals surface area (Å²) in [7, 11) is 0. The second kappa shape index (κ2) is 4.33. The van der Waals surface area contributed by atoms with Crippen LogP contribution in [-0.2, 0) is 6.18 Å². The number of alkyl halides is 3. The van der Waals surface area contributed by atoms with E-state index < -0.39 is 17.6 Å². The molecule has 18 heavy (non-hydrogen) atoms. The molecular weight excluding hydrogens is 246 g/mol. The van der Waals surface area contributed by atoms with Crippen molar-refractivity contribution in [2.75, 3.05) is 5.73 Å². The van der Waals surface area contributed by atoms with E-state index in [1.807, 2.05) is 0 Å². The van der Waals surface area contributed by atoms with Gasteiger partial charge in [-0.2, -0.15) is 13.2 Å². The van der Waals surface area contributed by atoms with Crippen LogP contribution < -0.4 is 5.73 Å². The second-order valence-corrected chi connectivity index (χ2v) is 3.81. The van der Waals surface area contributed by atoms with Crippen LogP contribution in [0.5, 0.6) is 0 Å². The van der Waals surface area contributed by atoms with Crippen molar-refractivity contribution in [1.82, 2.24) is 0 Å². The smallest absolute Gasteiger partial charge is 0.398 e. The van der Waals surface area contributed by atoms with Crippen molar-refractivity contribution in [2.24, 2.45) is 0 Å². The predicted molar refractivity (Wildman–Crippen MR) is 61.3 cm³/mol. The molecule has 2 rings (SSSR count). The van der Waals surface area contributed by atoms with Crippen molar-refractivity contribution in [2.45, 2.75) is 6.18 Å². The zero-order valence-corrected chi connectivity index (χ0v) is 9.13. The van der Waals surface area contributed by atoms with Crippen LogP contribution in [-0.4, -0.2) is 0 Å². The molecule has 0 bridgehead atoms. The van der Waals surface area contributed by atoms with E-state index in [9.17, 15) is 17.6 Å². The molecule has 0 aliphatic heterocycles. The summed E-state index contributed by atoms with van der Waals surface area (Å²) in [6.07, 6.45) is -4.50. The first-order valence-corrected chi connectivity index (χ1v) is 5.10. The molecule has 0 amide bonds. The average molecular weight is 255 g/mol. The molecule has 0 radical (unpaired) electrons. The monoisotopic (exact) mass is 255 g/mol. The van der Waals surface area contributed by atoms with Gasteiger partial charge in [0.2, 0.25) is 0 Å². The van der Waals surface area contributed by atoms with Gasteiger partial charge in [0.1, 0.15) is 5.82 Å². The molecule has 0 unspecified atom stereocenters. The molecule has 0 fully saturated rings. The largest absolute Gasteiger partial charge is 0.418 e. The van der Waals surface area contributed by atoms with Crippen molar-refractivity contribution in [3.8, 4) is 11.1 Å². The zero-order chi connectivity index (χ0) is 13.3. The number of rotatable bonds is 1. The molecule has 0 atom stereocenters. The van der Waals surface area contributed by atoms with Crippen LogP contribution >= 0.6 is 0 Å². The first kappa shape index (κ1) is 12.4. The molecule has 5 heteroatoms. The maximum Gasteiger partial charge on any atom is 0.418 e. The number of hydrogen-bond donors (Lipinski definition) is 1. The molecule has 0 spiro atoms. The van der Waals surface area contributed by atoms with Crippen molar-refractivity contribution in [3.63, 3.8) is 0 Å². The lowest BCUT2D eigenvalue weighted by Gasteiger charge is -2.11. The van der Waals surface area contributed by atoms with Crippen molar-refractivity contribution in [3.05, 3.63) is 53.8 Å². The van der Waals surface area contributed by atoms with Gasteiger partial charge in [-0.25, -0.2) is 4.39 Å². The molecule has 0 aliphatic carbocycles. The molecule has 0 aromatic heterocycles. The Morgan fingerprint density at radius 3 is 1.94 bits per heavy atom. The Bertz CT molecular complexity index is 558. The standard InChI is InChI=1S/C13H9F4N/c14-10-4-1-8(2-5-10)9-3-6-12(18)11(7-9)13(15,16)17/h1-7H,18H2. The summed E-state index contributed by atoms with van der Waals surface area (Å²) >= 11 is 0. The summed E-state index contributed by atoms with van der Waals surface area (Å²) in [5.74, 6) is -0.440. The summed E-state index contributed by atoms with van der Waals surface area (Å²) in [5, 5.41) is 0. The number of nitrogen functional groups attached to an aromatic ring is 1. The van der Waals surface area contributed by atoms with Gasteiger partial charge >= 0.3 is 6.18 Å². The van der Waals surface area contributed by atoms with Crippen LogP contribution in [0, 0.1) is 5.82 Å². The summed E-state index contributed by atoms with van der Waals surface area (Å²) in [5.41, 5.74) is 4.93. The number of anilines is 1. The lowest BCUT2D eigenvalue weighted by Crippen LogP contribution is -2.08. The topological polar surface area (TPSA) is 26.0 Å². The van der Waals surface area contributed by atoms with E-state index in [-0.39, 0.29) is 5.69 Å². The van der Waals surface area contributed by atoms with Gasteiger partial charge in [0, 0.05) is 5.69 Å². The molecule has 0 saturated carbocycles. The summed E-state index contributed by atoms with van der Waals surface area (Å²) in [6, 6.07) is 8.85. The average Bonchev–Trinajstić information content (AvgIpc) is 2.29. The van der Waals surface area contributed by atoms with E-state index in [0.29, 0.717) is 11.1 Å². The van der Waals surface area contributed by atoms with E-state index in [1.54, 1.807) is 0 Å². The molecule has 2 aromatic rings. The first-order valence-electron chi connectivity index (χ1n) is 5.10. The molecule has 0 aliphatic rings. The minimum absolute atomic E-state index is 0.326. The molecule has 0 saturated heterocycles. The van der Waals surface area contributed by atoms with Crippen LogP contribution in [0.1, 0.15) is 5.56 Å². The number of halogens is 4. The Morgan fingerprint density at radius 1 is 0.833 bits per heavy atom. The van der Waals surface area contributed by atoms with Crippen LogP contribution in [0.15, 0.2) is 42.5 Å². The first-order chi connectivity index (χ1) is 8.38. The highest BCUT2D eigenvalue weighted by molar-refractivity contribution is 5.68. The summed E-state index contributed by atoms with van der Waals surface area (Å²) < 4.78 is 50.7. The Morgan fingerprint density at radius 2 is 1.39 bits per heavy atom. The maximum atomic E-state index is 12.7. The van der Waals surface area contributed by atoms with Gasteiger partial charge in [-0.1, -0.05) is 18.2 Å². The number of benzene rings is 2.